The molecule has 0 unspecified atom stereocenters. The normalized spacial score (nSPS) is 22.8. The Kier molecular flexibility index (Phi) is 4.23. The van der Waals surface area contributed by atoms with Gasteiger partial charge in [-0.15, -0.1) is 0 Å². The molecular formula is C5H2Br5P. The molecule has 0 saturated carbocycles. The molecule has 0 bridgehead atoms. The summed E-state index contributed by atoms with van der Waals surface area (Å²) in [5.74, 6) is 0. The molecule has 1 aliphatic heterocycles. The highest BCUT2D eigenvalue weighted by Gasteiger charge is 2.20. The van der Waals surface area contributed by atoms with E-state index in [4.69, 9.17) is 0 Å². The van der Waals surface area contributed by atoms with E-state index in [-0.39, 0.29) is 0 Å². The SMILES string of the molecule is BrC1=CC(Br)=P(Br)(Br)C(Br)=C1. The maximum atomic E-state index is 3.61. The number of halogens is 5. The van der Waals surface area contributed by atoms with Crippen LogP contribution in [0.1, 0.15) is 0 Å². The minimum atomic E-state index is -1.43. The van der Waals surface area contributed by atoms with Crippen LogP contribution in [-0.4, -0.2) is 4.20 Å². The van der Waals surface area contributed by atoms with Gasteiger partial charge in [0.1, 0.15) is 0 Å². The van der Waals surface area contributed by atoms with Gasteiger partial charge in [0.15, 0.2) is 0 Å². The Balaban J connectivity index is 3.34. The largest absolute Gasteiger partial charge is 0.0655 e. The van der Waals surface area contributed by atoms with Gasteiger partial charge in [-0.3, -0.25) is 0 Å². The van der Waals surface area contributed by atoms with Crippen LogP contribution >= 0.6 is 83.1 Å². The summed E-state index contributed by atoms with van der Waals surface area (Å²) in [7, 11) is 0. The van der Waals surface area contributed by atoms with Crippen molar-refractivity contribution >= 4 is 87.3 Å². The average Bonchev–Trinajstić information content (AvgIpc) is 1.84. The monoisotopic (exact) mass is 488 g/mol. The van der Waals surface area contributed by atoms with E-state index in [0.717, 1.165) is 12.9 Å². The van der Waals surface area contributed by atoms with Crippen molar-refractivity contribution in [2.24, 2.45) is 0 Å². The zero-order valence-corrected chi connectivity index (χ0v) is 13.8. The second-order valence-electron chi connectivity index (χ2n) is 1.83. The van der Waals surface area contributed by atoms with Crippen LogP contribution in [0.25, 0.3) is 0 Å². The van der Waals surface area contributed by atoms with Gasteiger partial charge in [-0.05, 0) is 75.0 Å². The van der Waals surface area contributed by atoms with Crippen molar-refractivity contribution in [1.29, 1.82) is 0 Å². The van der Waals surface area contributed by atoms with E-state index in [1.807, 2.05) is 12.2 Å². The van der Waals surface area contributed by atoms with E-state index >= 15 is 0 Å². The fourth-order valence-electron chi connectivity index (χ4n) is 0.533. The standard InChI is InChI=1S/C5H2Br5P/c6-3-1-4(7)11(9,10)5(8)2-3/h1-2H. The molecule has 0 N–H and O–H groups in total. The van der Waals surface area contributed by atoms with E-state index in [1.54, 1.807) is 0 Å². The van der Waals surface area contributed by atoms with Crippen LogP contribution in [0, 0.1) is 0 Å². The zero-order valence-electron chi connectivity index (χ0n) is 4.99. The van der Waals surface area contributed by atoms with Crippen LogP contribution in [0.5, 0.6) is 0 Å². The van der Waals surface area contributed by atoms with Gasteiger partial charge in [0.2, 0.25) is 0 Å². The topological polar surface area (TPSA) is 0 Å². The average molecular weight is 493 g/mol. The smallest absolute Gasteiger partial charge is 0.0508 e. The molecule has 0 saturated heterocycles. The summed E-state index contributed by atoms with van der Waals surface area (Å²) in [6, 6.07) is 0. The lowest BCUT2D eigenvalue weighted by Gasteiger charge is -2.15. The Morgan fingerprint density at radius 1 is 1.00 bits per heavy atom. The third-order valence-corrected chi connectivity index (χ3v) is 16.8. The lowest BCUT2D eigenvalue weighted by molar-refractivity contribution is 1.99. The van der Waals surface area contributed by atoms with Crippen LogP contribution in [0.15, 0.2) is 20.9 Å². The number of hydrogen-bond acceptors (Lipinski definition) is 0. The van der Waals surface area contributed by atoms with Crippen molar-refractivity contribution in [2.75, 3.05) is 0 Å². The van der Waals surface area contributed by atoms with E-state index in [0.29, 0.717) is 0 Å². The molecule has 0 nitrogen and oxygen atoms in total. The van der Waals surface area contributed by atoms with Gasteiger partial charge in [-0.1, -0.05) is 15.9 Å². The summed E-state index contributed by atoms with van der Waals surface area (Å²) in [6.07, 6.45) is 4.06. The maximum Gasteiger partial charge on any atom is 0.0655 e. The minimum absolute atomic E-state index is 1.06. The molecule has 62 valence electrons. The lowest BCUT2D eigenvalue weighted by Crippen LogP contribution is -1.86. The van der Waals surface area contributed by atoms with Crippen molar-refractivity contribution < 1.29 is 0 Å². The fourth-order valence-corrected chi connectivity index (χ4v) is 6.35. The first-order valence-corrected chi connectivity index (χ1v) is 10.7. The van der Waals surface area contributed by atoms with E-state index in [1.165, 1.54) is 0 Å². The highest BCUT2D eigenvalue weighted by atomic mass is 79.9. The molecular weight excluding hydrogens is 491 g/mol. The molecule has 0 fully saturated rings. The van der Waals surface area contributed by atoms with Crippen molar-refractivity contribution in [3.8, 4) is 0 Å². The molecule has 1 rings (SSSR count). The first kappa shape index (κ1) is 11.3. The summed E-state index contributed by atoms with van der Waals surface area (Å²) < 4.78 is 1.90. The van der Waals surface area contributed by atoms with E-state index in [2.05, 4.69) is 78.8 Å². The molecule has 0 aromatic rings. The quantitative estimate of drug-likeness (QED) is 0.382. The Hall–Kier alpha value is 2.18. The predicted octanol–water partition coefficient (Wildman–Crippen LogP) is 5.68. The van der Waals surface area contributed by atoms with Crippen LogP contribution in [-0.2, 0) is 0 Å². The molecule has 0 aromatic carbocycles. The highest BCUT2D eigenvalue weighted by molar-refractivity contribution is 9.74. The molecule has 0 spiro atoms. The number of rotatable bonds is 0. The van der Waals surface area contributed by atoms with Crippen molar-refractivity contribution in [3.63, 3.8) is 0 Å². The Bertz CT molecular complexity index is 291. The maximum absolute atomic E-state index is 3.61. The molecule has 0 radical (unpaired) electrons. The van der Waals surface area contributed by atoms with Gasteiger partial charge in [-0.2, -0.15) is 0 Å². The third-order valence-electron chi connectivity index (χ3n) is 1.05. The van der Waals surface area contributed by atoms with Crippen molar-refractivity contribution in [1.82, 2.24) is 0 Å². The molecule has 0 amide bonds. The first-order chi connectivity index (χ1) is 4.94. The van der Waals surface area contributed by atoms with Crippen molar-refractivity contribution in [3.05, 3.63) is 20.9 Å². The van der Waals surface area contributed by atoms with Crippen LogP contribution in [0.2, 0.25) is 0 Å². The predicted molar refractivity (Wildman–Crippen MR) is 72.7 cm³/mol. The highest BCUT2D eigenvalue weighted by Crippen LogP contribution is 2.74. The summed E-state index contributed by atoms with van der Waals surface area (Å²) in [5.41, 5.74) is 0. The fraction of sp³-hybridized carbons (Fsp3) is 0. The van der Waals surface area contributed by atoms with Gasteiger partial charge in [0.05, 0.1) is 4.29 Å². The van der Waals surface area contributed by atoms with Gasteiger partial charge < -0.3 is 0 Å². The van der Waals surface area contributed by atoms with Gasteiger partial charge in [0.25, 0.3) is 0 Å². The van der Waals surface area contributed by atoms with Gasteiger partial charge in [-0.25, -0.2) is 0 Å². The molecule has 1 aliphatic rings. The van der Waals surface area contributed by atoms with Crippen LogP contribution in [0.4, 0.5) is 0 Å². The Morgan fingerprint density at radius 2 is 1.55 bits per heavy atom. The number of hydrogen-bond donors (Lipinski definition) is 0. The summed E-state index contributed by atoms with van der Waals surface area (Å²) in [5, 5.41) is 0. The van der Waals surface area contributed by atoms with Gasteiger partial charge >= 0.3 is 0 Å². The summed E-state index contributed by atoms with van der Waals surface area (Å²) >= 11 is 17.6. The molecule has 11 heavy (non-hydrogen) atoms. The minimum Gasteiger partial charge on any atom is -0.0508 e. The third kappa shape index (κ3) is 2.57. The summed E-state index contributed by atoms with van der Waals surface area (Å²) in [4.78, 5) is 0. The second kappa shape index (κ2) is 4.14. The lowest BCUT2D eigenvalue weighted by atomic mass is 10.5. The molecule has 1 heterocycles. The van der Waals surface area contributed by atoms with E-state index < -0.39 is 4.29 Å². The van der Waals surface area contributed by atoms with Crippen molar-refractivity contribution in [2.45, 2.75) is 0 Å². The van der Waals surface area contributed by atoms with E-state index in [9.17, 15) is 0 Å². The molecule has 0 atom stereocenters. The molecule has 6 heteroatoms. The molecule has 0 aromatic heterocycles. The van der Waals surface area contributed by atoms with Crippen LogP contribution in [0.3, 0.4) is 0 Å². The summed E-state index contributed by atoms with van der Waals surface area (Å²) in [6.45, 7) is 0. The first-order valence-electron chi connectivity index (χ1n) is 2.51. The number of allylic oxidation sites excluding steroid dienone is 3. The Labute approximate surface area is 107 Å². The van der Waals surface area contributed by atoms with Gasteiger partial charge in [0, 0.05) is 12.9 Å². The second-order valence-corrected chi connectivity index (χ2v) is 16.9. The Morgan fingerprint density at radius 3 is 2.00 bits per heavy atom. The molecule has 0 aliphatic carbocycles. The zero-order chi connectivity index (χ0) is 8.65. The van der Waals surface area contributed by atoms with Crippen LogP contribution < -0.4 is 0 Å².